The Hall–Kier alpha value is -1.28. The molecule has 1 saturated carbocycles. The minimum absolute atomic E-state index is 0.118. The summed E-state index contributed by atoms with van der Waals surface area (Å²) >= 11 is 5.55. The van der Waals surface area contributed by atoms with Gasteiger partial charge in [-0.25, -0.2) is 0 Å². The van der Waals surface area contributed by atoms with Crippen molar-refractivity contribution in [1.29, 1.82) is 0 Å². The van der Waals surface area contributed by atoms with Gasteiger partial charge in [0.25, 0.3) is 0 Å². The molecule has 0 N–H and O–H groups in total. The van der Waals surface area contributed by atoms with Gasteiger partial charge in [-0.15, -0.1) is 0 Å². The number of allylic oxidation sites excluding steroid dienone is 2. The lowest BCUT2D eigenvalue weighted by Gasteiger charge is -2.19. The van der Waals surface area contributed by atoms with Crippen LogP contribution < -0.4 is 0 Å². The summed E-state index contributed by atoms with van der Waals surface area (Å²) in [7, 11) is 0. The second-order valence-corrected chi connectivity index (χ2v) is 5.67. The fraction of sp³-hybridized carbons (Fsp3) is 0.375. The van der Waals surface area contributed by atoms with Crippen molar-refractivity contribution >= 4 is 22.9 Å². The van der Waals surface area contributed by atoms with Crippen LogP contribution in [0.15, 0.2) is 35.9 Å². The van der Waals surface area contributed by atoms with E-state index in [1.54, 1.807) is 6.08 Å². The summed E-state index contributed by atoms with van der Waals surface area (Å²) in [6, 6.07) is 7.69. The number of thiocarbonyl (C=S) groups is 1. The molecule has 0 saturated heterocycles. The zero-order chi connectivity index (χ0) is 12.5. The molecule has 18 heavy (non-hydrogen) atoms. The minimum Gasteiger partial charge on any atom is -0.289 e. The lowest BCUT2D eigenvalue weighted by atomic mass is 9.85. The molecule has 0 unspecified atom stereocenters. The van der Waals surface area contributed by atoms with Gasteiger partial charge in [0.2, 0.25) is 0 Å². The number of carbonyl (C=O) groups is 1. The van der Waals surface area contributed by atoms with Gasteiger partial charge in [0, 0.05) is 16.0 Å². The maximum atomic E-state index is 12.1. The van der Waals surface area contributed by atoms with Crippen molar-refractivity contribution in [2.75, 3.05) is 0 Å². The van der Waals surface area contributed by atoms with Gasteiger partial charge in [0.15, 0.2) is 5.78 Å². The molecule has 1 nitrogen and oxygen atoms in total. The molecule has 3 rings (SSSR count). The van der Waals surface area contributed by atoms with Gasteiger partial charge in [-0.3, -0.25) is 4.79 Å². The van der Waals surface area contributed by atoms with Crippen LogP contribution >= 0.6 is 12.2 Å². The van der Waals surface area contributed by atoms with Crippen LogP contribution in [-0.2, 0) is 0 Å². The van der Waals surface area contributed by atoms with E-state index >= 15 is 0 Å². The molecule has 0 heterocycles. The second kappa shape index (κ2) is 4.77. The first-order valence-electron chi connectivity index (χ1n) is 6.64. The number of hydrogen-bond donors (Lipinski definition) is 0. The van der Waals surface area contributed by atoms with Crippen molar-refractivity contribution in [3.05, 3.63) is 47.0 Å². The molecule has 0 spiro atoms. The van der Waals surface area contributed by atoms with Crippen molar-refractivity contribution in [3.63, 3.8) is 0 Å². The molecule has 2 aliphatic rings. The Morgan fingerprint density at radius 3 is 2.50 bits per heavy atom. The molecular formula is C16H16OS. The summed E-state index contributed by atoms with van der Waals surface area (Å²) in [4.78, 5) is 13.0. The van der Waals surface area contributed by atoms with E-state index in [9.17, 15) is 4.79 Å². The van der Waals surface area contributed by atoms with Crippen LogP contribution in [0.1, 0.15) is 48.0 Å². The third-order valence-corrected chi connectivity index (χ3v) is 4.50. The highest BCUT2D eigenvalue weighted by atomic mass is 32.1. The van der Waals surface area contributed by atoms with Crippen molar-refractivity contribution in [2.24, 2.45) is 5.92 Å². The minimum atomic E-state index is 0.118. The van der Waals surface area contributed by atoms with Gasteiger partial charge in [0.1, 0.15) is 0 Å². The number of ketones is 1. The first kappa shape index (κ1) is 11.8. The zero-order valence-corrected chi connectivity index (χ0v) is 11.1. The Bertz CT molecular complexity index is 536. The molecule has 0 bridgehead atoms. The van der Waals surface area contributed by atoms with E-state index in [4.69, 9.17) is 12.2 Å². The van der Waals surface area contributed by atoms with Gasteiger partial charge in [-0.1, -0.05) is 62.2 Å². The summed E-state index contributed by atoms with van der Waals surface area (Å²) in [6.07, 6.45) is 7.98. The van der Waals surface area contributed by atoms with Crippen LogP contribution in [0.2, 0.25) is 0 Å². The van der Waals surface area contributed by atoms with E-state index in [0.29, 0.717) is 0 Å². The predicted octanol–water partition coefficient (Wildman–Crippen LogP) is 4.11. The van der Waals surface area contributed by atoms with Crippen molar-refractivity contribution in [3.8, 4) is 0 Å². The Kier molecular flexibility index (Phi) is 3.13. The number of fused-ring (bicyclic) bond motifs is 1. The molecule has 0 aliphatic heterocycles. The first-order chi connectivity index (χ1) is 8.75. The van der Waals surface area contributed by atoms with Gasteiger partial charge in [-0.2, -0.15) is 0 Å². The van der Waals surface area contributed by atoms with E-state index < -0.39 is 0 Å². The van der Waals surface area contributed by atoms with Crippen molar-refractivity contribution in [1.82, 2.24) is 0 Å². The molecule has 2 aliphatic carbocycles. The maximum Gasteiger partial charge on any atom is 0.186 e. The second-order valence-electron chi connectivity index (χ2n) is 5.26. The number of benzene rings is 1. The molecule has 0 radical (unpaired) electrons. The summed E-state index contributed by atoms with van der Waals surface area (Å²) in [5, 5.41) is 0. The summed E-state index contributed by atoms with van der Waals surface area (Å²) in [5.41, 5.74) is 2.80. The fourth-order valence-corrected chi connectivity index (χ4v) is 3.37. The first-order valence-corrected chi connectivity index (χ1v) is 7.05. The van der Waals surface area contributed by atoms with E-state index in [1.165, 1.54) is 25.7 Å². The Labute approximate surface area is 113 Å². The maximum absolute atomic E-state index is 12.1. The Morgan fingerprint density at radius 2 is 1.78 bits per heavy atom. The van der Waals surface area contributed by atoms with Gasteiger partial charge < -0.3 is 0 Å². The number of carbonyl (C=O) groups excluding carboxylic acids is 1. The third-order valence-electron chi connectivity index (χ3n) is 4.02. The van der Waals surface area contributed by atoms with Crippen LogP contribution in [0.4, 0.5) is 0 Å². The highest BCUT2D eigenvalue weighted by molar-refractivity contribution is 7.81. The third kappa shape index (κ3) is 2.05. The van der Waals surface area contributed by atoms with Crippen LogP contribution in [0.5, 0.6) is 0 Å². The molecular weight excluding hydrogens is 240 g/mol. The zero-order valence-electron chi connectivity index (χ0n) is 10.3. The van der Waals surface area contributed by atoms with Crippen molar-refractivity contribution in [2.45, 2.75) is 32.1 Å². The SMILES string of the molecule is O=C1C=C(CC2CCCC2)C(=S)c2ccccc21. The molecule has 0 aromatic heterocycles. The van der Waals surface area contributed by atoms with E-state index in [-0.39, 0.29) is 5.78 Å². The quantitative estimate of drug-likeness (QED) is 0.741. The van der Waals surface area contributed by atoms with Crippen LogP contribution in [0, 0.1) is 5.92 Å². The van der Waals surface area contributed by atoms with E-state index in [0.717, 1.165) is 33.9 Å². The van der Waals surface area contributed by atoms with E-state index in [1.807, 2.05) is 24.3 Å². The van der Waals surface area contributed by atoms with Crippen molar-refractivity contribution < 1.29 is 4.79 Å². The smallest absolute Gasteiger partial charge is 0.186 e. The lowest BCUT2D eigenvalue weighted by Crippen LogP contribution is -2.17. The summed E-state index contributed by atoms with van der Waals surface area (Å²) in [6.45, 7) is 0. The predicted molar refractivity (Wildman–Crippen MR) is 77.1 cm³/mol. The number of hydrogen-bond acceptors (Lipinski definition) is 2. The molecule has 1 aromatic carbocycles. The number of rotatable bonds is 2. The molecule has 0 amide bonds. The van der Waals surface area contributed by atoms with Crippen LogP contribution in [-0.4, -0.2) is 10.6 Å². The monoisotopic (exact) mass is 256 g/mol. The van der Waals surface area contributed by atoms with Crippen LogP contribution in [0.25, 0.3) is 0 Å². The Morgan fingerprint density at radius 1 is 1.11 bits per heavy atom. The Balaban J connectivity index is 1.89. The average Bonchev–Trinajstić information content (AvgIpc) is 2.89. The molecule has 1 aromatic rings. The van der Waals surface area contributed by atoms with Gasteiger partial charge in [-0.05, 0) is 24.0 Å². The standard InChI is InChI=1S/C16H16OS/c17-15-10-12(9-11-5-1-2-6-11)16(18)14-8-4-3-7-13(14)15/h3-4,7-8,10-11H,1-2,5-6,9H2. The normalized spacial score (nSPS) is 19.9. The summed E-state index contributed by atoms with van der Waals surface area (Å²) in [5.74, 6) is 0.847. The van der Waals surface area contributed by atoms with Crippen LogP contribution in [0.3, 0.4) is 0 Å². The van der Waals surface area contributed by atoms with Gasteiger partial charge in [0.05, 0.1) is 0 Å². The highest BCUT2D eigenvalue weighted by Gasteiger charge is 2.25. The van der Waals surface area contributed by atoms with E-state index in [2.05, 4.69) is 0 Å². The summed E-state index contributed by atoms with van der Waals surface area (Å²) < 4.78 is 0. The highest BCUT2D eigenvalue weighted by Crippen LogP contribution is 2.33. The molecule has 2 heteroatoms. The largest absolute Gasteiger partial charge is 0.289 e. The lowest BCUT2D eigenvalue weighted by molar-refractivity contribution is 0.104. The van der Waals surface area contributed by atoms with Gasteiger partial charge >= 0.3 is 0 Å². The molecule has 1 fully saturated rings. The molecule has 0 atom stereocenters. The topological polar surface area (TPSA) is 17.1 Å². The molecule has 92 valence electrons. The average molecular weight is 256 g/mol. The fourth-order valence-electron chi connectivity index (χ4n) is 3.05.